The zero-order valence-corrected chi connectivity index (χ0v) is 10.2. The molecule has 4 nitrogen and oxygen atoms in total. The molecule has 1 aromatic heterocycles. The highest BCUT2D eigenvalue weighted by atomic mass is 16.3. The second-order valence-electron chi connectivity index (χ2n) is 4.09. The maximum absolute atomic E-state index is 11.7. The Morgan fingerprint density at radius 2 is 2.29 bits per heavy atom. The molecule has 1 atom stereocenters. The first kappa shape index (κ1) is 13.6. The predicted octanol–water partition coefficient (Wildman–Crippen LogP) is 1.61. The fraction of sp³-hybridized carbons (Fsp3) is 0.538. The van der Waals surface area contributed by atoms with E-state index in [2.05, 4.69) is 17.2 Å². The zero-order chi connectivity index (χ0) is 12.5. The van der Waals surface area contributed by atoms with Crippen molar-refractivity contribution in [2.75, 3.05) is 13.2 Å². The molecular weight excluding hydrogens is 216 g/mol. The molecule has 17 heavy (non-hydrogen) atoms. The van der Waals surface area contributed by atoms with Crippen molar-refractivity contribution in [1.29, 1.82) is 0 Å². The molecule has 1 aromatic rings. The van der Waals surface area contributed by atoms with Crippen LogP contribution in [0.2, 0.25) is 0 Å². The predicted molar refractivity (Wildman–Crippen MR) is 66.7 cm³/mol. The number of amides is 1. The molecule has 1 unspecified atom stereocenters. The molecule has 0 aliphatic carbocycles. The molecule has 1 rings (SSSR count). The first-order valence-corrected chi connectivity index (χ1v) is 6.08. The Hall–Kier alpha value is -1.42. The van der Waals surface area contributed by atoms with Crippen molar-refractivity contribution in [1.82, 2.24) is 10.3 Å². The molecule has 2 N–H and O–H groups in total. The summed E-state index contributed by atoms with van der Waals surface area (Å²) in [6.07, 6.45) is 4.41. The van der Waals surface area contributed by atoms with E-state index in [1.807, 2.05) is 0 Å². The van der Waals surface area contributed by atoms with Gasteiger partial charge < -0.3 is 10.4 Å². The second kappa shape index (κ2) is 7.79. The van der Waals surface area contributed by atoms with Crippen molar-refractivity contribution >= 4 is 5.91 Å². The standard InChI is InChI=1S/C13H20N2O2/c1-2-5-11(7-9-16)10-15-13(17)12-6-3-4-8-14-12/h3-4,6,8,11,16H,2,5,7,9-10H2,1H3,(H,15,17). The summed E-state index contributed by atoms with van der Waals surface area (Å²) in [5, 5.41) is 11.8. The third kappa shape index (κ3) is 4.95. The molecular formula is C13H20N2O2. The Morgan fingerprint density at radius 3 is 2.88 bits per heavy atom. The average molecular weight is 236 g/mol. The summed E-state index contributed by atoms with van der Waals surface area (Å²) < 4.78 is 0. The van der Waals surface area contributed by atoms with Crippen LogP contribution in [0.15, 0.2) is 24.4 Å². The summed E-state index contributed by atoms with van der Waals surface area (Å²) in [4.78, 5) is 15.7. The third-order valence-corrected chi connectivity index (χ3v) is 2.68. The first-order chi connectivity index (χ1) is 8.27. The van der Waals surface area contributed by atoms with Crippen LogP contribution in [-0.4, -0.2) is 29.1 Å². The van der Waals surface area contributed by atoms with Crippen LogP contribution < -0.4 is 5.32 Å². The molecule has 0 fully saturated rings. The van der Waals surface area contributed by atoms with Gasteiger partial charge in [-0.05, 0) is 30.9 Å². The van der Waals surface area contributed by atoms with Crippen LogP contribution in [-0.2, 0) is 0 Å². The fourth-order valence-corrected chi connectivity index (χ4v) is 1.76. The van der Waals surface area contributed by atoms with Gasteiger partial charge in [0.05, 0.1) is 0 Å². The molecule has 0 aromatic carbocycles. The second-order valence-corrected chi connectivity index (χ2v) is 4.09. The van der Waals surface area contributed by atoms with Crippen LogP contribution in [0.1, 0.15) is 36.7 Å². The van der Waals surface area contributed by atoms with E-state index in [1.54, 1.807) is 24.4 Å². The van der Waals surface area contributed by atoms with Crippen LogP contribution in [0.3, 0.4) is 0 Å². The van der Waals surface area contributed by atoms with Crippen molar-refractivity contribution in [3.8, 4) is 0 Å². The Morgan fingerprint density at radius 1 is 1.47 bits per heavy atom. The molecule has 0 spiro atoms. The highest BCUT2D eigenvalue weighted by molar-refractivity contribution is 5.92. The Bertz CT molecular complexity index is 321. The molecule has 1 heterocycles. The highest BCUT2D eigenvalue weighted by Gasteiger charge is 2.10. The summed E-state index contributed by atoms with van der Waals surface area (Å²) in [5.74, 6) is 0.197. The maximum Gasteiger partial charge on any atom is 0.269 e. The first-order valence-electron chi connectivity index (χ1n) is 6.08. The fourth-order valence-electron chi connectivity index (χ4n) is 1.76. The third-order valence-electron chi connectivity index (χ3n) is 2.68. The van der Waals surface area contributed by atoms with E-state index in [0.29, 0.717) is 18.2 Å². The van der Waals surface area contributed by atoms with Crippen LogP contribution in [0.25, 0.3) is 0 Å². The molecule has 4 heteroatoms. The number of rotatable bonds is 7. The monoisotopic (exact) mass is 236 g/mol. The van der Waals surface area contributed by atoms with E-state index in [9.17, 15) is 4.79 Å². The van der Waals surface area contributed by atoms with E-state index in [1.165, 1.54) is 0 Å². The van der Waals surface area contributed by atoms with E-state index in [-0.39, 0.29) is 12.5 Å². The number of carbonyl (C=O) groups excluding carboxylic acids is 1. The van der Waals surface area contributed by atoms with Crippen molar-refractivity contribution < 1.29 is 9.90 Å². The highest BCUT2D eigenvalue weighted by Crippen LogP contribution is 2.09. The van der Waals surface area contributed by atoms with E-state index in [0.717, 1.165) is 19.3 Å². The summed E-state index contributed by atoms with van der Waals surface area (Å²) in [6.45, 7) is 2.87. The van der Waals surface area contributed by atoms with E-state index >= 15 is 0 Å². The van der Waals surface area contributed by atoms with Gasteiger partial charge in [-0.1, -0.05) is 19.4 Å². The number of aliphatic hydroxyl groups is 1. The van der Waals surface area contributed by atoms with E-state index in [4.69, 9.17) is 5.11 Å². The topological polar surface area (TPSA) is 62.2 Å². The van der Waals surface area contributed by atoms with Crippen molar-refractivity contribution in [3.05, 3.63) is 30.1 Å². The Kier molecular flexibility index (Phi) is 6.25. The smallest absolute Gasteiger partial charge is 0.269 e. The minimum absolute atomic E-state index is 0.148. The lowest BCUT2D eigenvalue weighted by Gasteiger charge is -2.15. The molecule has 0 aliphatic heterocycles. The summed E-state index contributed by atoms with van der Waals surface area (Å²) in [6, 6.07) is 5.26. The molecule has 0 saturated heterocycles. The minimum Gasteiger partial charge on any atom is -0.396 e. The number of pyridine rings is 1. The number of nitrogens with zero attached hydrogens (tertiary/aromatic N) is 1. The van der Waals surface area contributed by atoms with Crippen LogP contribution in [0.5, 0.6) is 0 Å². The van der Waals surface area contributed by atoms with Gasteiger partial charge in [-0.2, -0.15) is 0 Å². The van der Waals surface area contributed by atoms with Gasteiger partial charge in [0.2, 0.25) is 0 Å². The van der Waals surface area contributed by atoms with Gasteiger partial charge in [0.15, 0.2) is 0 Å². The molecule has 0 radical (unpaired) electrons. The average Bonchev–Trinajstić information content (AvgIpc) is 2.37. The quantitative estimate of drug-likeness (QED) is 0.756. The molecule has 94 valence electrons. The SMILES string of the molecule is CCCC(CCO)CNC(=O)c1ccccn1. The van der Waals surface area contributed by atoms with E-state index < -0.39 is 0 Å². The number of hydrogen-bond donors (Lipinski definition) is 2. The van der Waals surface area contributed by atoms with Gasteiger partial charge in [-0.15, -0.1) is 0 Å². The lowest BCUT2D eigenvalue weighted by molar-refractivity contribution is 0.0938. The Labute approximate surface area is 102 Å². The largest absolute Gasteiger partial charge is 0.396 e. The van der Waals surface area contributed by atoms with Gasteiger partial charge in [0.1, 0.15) is 5.69 Å². The van der Waals surface area contributed by atoms with Crippen molar-refractivity contribution in [3.63, 3.8) is 0 Å². The van der Waals surface area contributed by atoms with Crippen LogP contribution >= 0.6 is 0 Å². The minimum atomic E-state index is -0.148. The Balaban J connectivity index is 2.41. The van der Waals surface area contributed by atoms with Crippen molar-refractivity contribution in [2.45, 2.75) is 26.2 Å². The number of aromatic nitrogens is 1. The van der Waals surface area contributed by atoms with Gasteiger partial charge in [-0.3, -0.25) is 9.78 Å². The van der Waals surface area contributed by atoms with Crippen LogP contribution in [0, 0.1) is 5.92 Å². The van der Waals surface area contributed by atoms with Crippen LogP contribution in [0.4, 0.5) is 0 Å². The molecule has 0 bridgehead atoms. The number of hydrogen-bond acceptors (Lipinski definition) is 3. The molecule has 1 amide bonds. The van der Waals surface area contributed by atoms with Gasteiger partial charge in [0, 0.05) is 19.3 Å². The van der Waals surface area contributed by atoms with Crippen molar-refractivity contribution in [2.24, 2.45) is 5.92 Å². The summed E-state index contributed by atoms with van der Waals surface area (Å²) in [5.41, 5.74) is 0.437. The van der Waals surface area contributed by atoms with Gasteiger partial charge in [-0.25, -0.2) is 0 Å². The normalized spacial score (nSPS) is 12.1. The van der Waals surface area contributed by atoms with Gasteiger partial charge >= 0.3 is 0 Å². The lowest BCUT2D eigenvalue weighted by atomic mass is 10.0. The lowest BCUT2D eigenvalue weighted by Crippen LogP contribution is -2.30. The zero-order valence-electron chi connectivity index (χ0n) is 10.2. The maximum atomic E-state index is 11.7. The number of carbonyl (C=O) groups is 1. The van der Waals surface area contributed by atoms with Gasteiger partial charge in [0.25, 0.3) is 5.91 Å². The molecule has 0 saturated carbocycles. The number of nitrogens with one attached hydrogen (secondary N) is 1. The number of aliphatic hydroxyl groups excluding tert-OH is 1. The summed E-state index contributed by atoms with van der Waals surface area (Å²) >= 11 is 0. The summed E-state index contributed by atoms with van der Waals surface area (Å²) in [7, 11) is 0. The molecule has 0 aliphatic rings.